The number of thiazole rings is 1. The van der Waals surface area contributed by atoms with Crippen molar-refractivity contribution in [3.8, 4) is 0 Å². The molecule has 2 amide bonds. The Kier molecular flexibility index (Phi) is 5.19. The van der Waals surface area contributed by atoms with E-state index < -0.39 is 0 Å². The van der Waals surface area contributed by atoms with Crippen LogP contribution in [0.25, 0.3) is 0 Å². The summed E-state index contributed by atoms with van der Waals surface area (Å²) >= 11 is 1.46. The van der Waals surface area contributed by atoms with E-state index in [1.165, 1.54) is 11.3 Å². The van der Waals surface area contributed by atoms with E-state index in [-0.39, 0.29) is 11.8 Å². The summed E-state index contributed by atoms with van der Waals surface area (Å²) in [5.41, 5.74) is 6.59. The van der Waals surface area contributed by atoms with Crippen molar-refractivity contribution < 1.29 is 14.0 Å². The van der Waals surface area contributed by atoms with Crippen LogP contribution >= 0.6 is 11.3 Å². The predicted molar refractivity (Wildman–Crippen MR) is 94.9 cm³/mol. The highest BCUT2D eigenvalue weighted by molar-refractivity contribution is 7.09. The van der Waals surface area contributed by atoms with Crippen LogP contribution in [0.4, 0.5) is 0 Å². The van der Waals surface area contributed by atoms with Gasteiger partial charge < -0.3 is 20.0 Å². The van der Waals surface area contributed by atoms with Gasteiger partial charge in [-0.15, -0.1) is 11.3 Å². The first-order chi connectivity index (χ1) is 12.0. The third-order valence-corrected chi connectivity index (χ3v) is 5.16. The number of rotatable bonds is 4. The Morgan fingerprint density at radius 3 is 2.40 bits per heavy atom. The van der Waals surface area contributed by atoms with Crippen LogP contribution in [0.3, 0.4) is 0 Å². The minimum Gasteiger partial charge on any atom is -0.466 e. The summed E-state index contributed by atoms with van der Waals surface area (Å²) in [6, 6.07) is 1.77. The van der Waals surface area contributed by atoms with Gasteiger partial charge in [-0.1, -0.05) is 0 Å². The zero-order valence-electron chi connectivity index (χ0n) is 14.4. The Morgan fingerprint density at radius 1 is 1.20 bits per heavy atom. The molecule has 2 N–H and O–H groups in total. The number of amides is 2. The molecule has 3 rings (SSSR count). The highest BCUT2D eigenvalue weighted by Crippen LogP contribution is 2.18. The van der Waals surface area contributed by atoms with Crippen LogP contribution in [0.1, 0.15) is 37.4 Å². The van der Waals surface area contributed by atoms with E-state index in [1.54, 1.807) is 28.2 Å². The van der Waals surface area contributed by atoms with Gasteiger partial charge in [-0.25, -0.2) is 4.98 Å². The molecular weight excluding hydrogens is 340 g/mol. The fourth-order valence-corrected chi connectivity index (χ4v) is 3.72. The lowest BCUT2D eigenvalue weighted by Gasteiger charge is -2.34. The van der Waals surface area contributed by atoms with Crippen molar-refractivity contribution in [2.45, 2.75) is 20.3 Å². The molecule has 0 atom stereocenters. The topological polar surface area (TPSA) is 92.7 Å². The number of piperazine rings is 1. The van der Waals surface area contributed by atoms with Crippen molar-refractivity contribution in [3.05, 3.63) is 39.2 Å². The first kappa shape index (κ1) is 17.6. The summed E-state index contributed by atoms with van der Waals surface area (Å²) in [5, 5.41) is 2.66. The van der Waals surface area contributed by atoms with Gasteiger partial charge in [-0.2, -0.15) is 0 Å². The molecule has 1 fully saturated rings. The van der Waals surface area contributed by atoms with E-state index in [4.69, 9.17) is 10.2 Å². The Hall–Kier alpha value is -2.19. The Morgan fingerprint density at radius 2 is 1.84 bits per heavy atom. The van der Waals surface area contributed by atoms with E-state index in [9.17, 15) is 9.59 Å². The van der Waals surface area contributed by atoms with Crippen molar-refractivity contribution in [2.24, 2.45) is 5.73 Å². The van der Waals surface area contributed by atoms with Crippen molar-refractivity contribution in [1.82, 2.24) is 14.8 Å². The molecule has 0 spiro atoms. The Labute approximate surface area is 150 Å². The van der Waals surface area contributed by atoms with E-state index in [0.29, 0.717) is 56.2 Å². The number of furan rings is 1. The molecule has 2 aromatic rings. The van der Waals surface area contributed by atoms with Crippen LogP contribution in [-0.4, -0.2) is 59.3 Å². The normalized spacial score (nSPS) is 14.8. The maximum absolute atomic E-state index is 12.6. The lowest BCUT2D eigenvalue weighted by Crippen LogP contribution is -2.50. The summed E-state index contributed by atoms with van der Waals surface area (Å²) in [7, 11) is 0. The number of nitrogens with zero attached hydrogens (tertiary/aromatic N) is 3. The Bertz CT molecular complexity index is 775. The molecule has 1 aliphatic rings. The number of nitrogens with two attached hydrogens (primary N) is 1. The number of hydrogen-bond donors (Lipinski definition) is 1. The molecular formula is C17H22N4O3S. The highest BCUT2D eigenvalue weighted by Gasteiger charge is 2.28. The molecule has 0 aliphatic carbocycles. The van der Waals surface area contributed by atoms with Gasteiger partial charge in [0.05, 0.1) is 10.6 Å². The summed E-state index contributed by atoms with van der Waals surface area (Å²) in [5.74, 6) is 1.24. The third kappa shape index (κ3) is 3.74. The van der Waals surface area contributed by atoms with Crippen LogP contribution in [0.5, 0.6) is 0 Å². The summed E-state index contributed by atoms with van der Waals surface area (Å²) < 4.78 is 5.44. The minimum absolute atomic E-state index is 0.0414. The number of aromatic nitrogens is 1. The molecule has 1 aliphatic heterocycles. The van der Waals surface area contributed by atoms with Gasteiger partial charge in [-0.3, -0.25) is 9.59 Å². The van der Waals surface area contributed by atoms with Crippen LogP contribution in [0.2, 0.25) is 0 Å². The molecule has 0 bridgehead atoms. The van der Waals surface area contributed by atoms with Crippen LogP contribution in [0.15, 0.2) is 15.9 Å². The first-order valence-corrected chi connectivity index (χ1v) is 9.17. The number of aryl methyl sites for hydroxylation is 2. The zero-order chi connectivity index (χ0) is 18.0. The lowest BCUT2D eigenvalue weighted by atomic mass is 10.2. The summed E-state index contributed by atoms with van der Waals surface area (Å²) in [6.45, 7) is 6.17. The average molecular weight is 362 g/mol. The minimum atomic E-state index is -0.0815. The number of carbonyl (C=O) groups is 2. The predicted octanol–water partition coefficient (Wildman–Crippen LogP) is 1.45. The second kappa shape index (κ2) is 7.37. The maximum atomic E-state index is 12.6. The van der Waals surface area contributed by atoms with E-state index in [1.807, 2.05) is 6.92 Å². The van der Waals surface area contributed by atoms with Gasteiger partial charge in [0.2, 0.25) is 0 Å². The molecule has 0 saturated carbocycles. The van der Waals surface area contributed by atoms with Crippen molar-refractivity contribution in [1.29, 1.82) is 0 Å². The van der Waals surface area contributed by atoms with Crippen molar-refractivity contribution >= 4 is 23.2 Å². The summed E-state index contributed by atoms with van der Waals surface area (Å²) in [4.78, 5) is 33.0. The molecule has 0 aromatic carbocycles. The highest BCUT2D eigenvalue weighted by atomic mass is 32.1. The standard InChI is InChI=1S/C17H22N4O3S/c1-11-9-13(12(2)24-11)16(22)20-5-7-21(8-6-20)17(23)14-10-25-15(19-14)3-4-18/h9-10H,3-8,18H2,1-2H3. The van der Waals surface area contributed by atoms with Crippen LogP contribution in [-0.2, 0) is 6.42 Å². The van der Waals surface area contributed by atoms with Gasteiger partial charge >= 0.3 is 0 Å². The lowest BCUT2D eigenvalue weighted by molar-refractivity contribution is 0.0531. The molecule has 2 aromatic heterocycles. The molecule has 0 unspecified atom stereocenters. The second-order valence-corrected chi connectivity index (χ2v) is 7.02. The van der Waals surface area contributed by atoms with Gasteiger partial charge in [0.1, 0.15) is 17.2 Å². The fourth-order valence-electron chi connectivity index (χ4n) is 2.94. The Balaban J connectivity index is 1.60. The maximum Gasteiger partial charge on any atom is 0.273 e. The van der Waals surface area contributed by atoms with E-state index in [0.717, 1.165) is 10.8 Å². The van der Waals surface area contributed by atoms with Gasteiger partial charge in [0.25, 0.3) is 11.8 Å². The average Bonchev–Trinajstić information content (AvgIpc) is 3.20. The SMILES string of the molecule is Cc1cc(C(=O)N2CCN(C(=O)c3csc(CCN)n3)CC2)c(C)o1. The molecule has 8 heteroatoms. The monoisotopic (exact) mass is 362 g/mol. The van der Waals surface area contributed by atoms with E-state index >= 15 is 0 Å². The van der Waals surface area contributed by atoms with Crippen LogP contribution < -0.4 is 5.73 Å². The first-order valence-electron chi connectivity index (χ1n) is 8.29. The summed E-state index contributed by atoms with van der Waals surface area (Å²) in [6.07, 6.45) is 0.684. The van der Waals surface area contributed by atoms with Gasteiger partial charge in [0, 0.05) is 38.0 Å². The van der Waals surface area contributed by atoms with Gasteiger partial charge in [0.15, 0.2) is 0 Å². The second-order valence-electron chi connectivity index (χ2n) is 6.08. The largest absolute Gasteiger partial charge is 0.466 e. The fraction of sp³-hybridized carbons (Fsp3) is 0.471. The quantitative estimate of drug-likeness (QED) is 0.889. The smallest absolute Gasteiger partial charge is 0.273 e. The van der Waals surface area contributed by atoms with Crippen LogP contribution in [0, 0.1) is 13.8 Å². The molecule has 25 heavy (non-hydrogen) atoms. The third-order valence-electron chi connectivity index (χ3n) is 4.25. The van der Waals surface area contributed by atoms with Gasteiger partial charge in [-0.05, 0) is 26.5 Å². The zero-order valence-corrected chi connectivity index (χ0v) is 15.3. The van der Waals surface area contributed by atoms with Crippen molar-refractivity contribution in [3.63, 3.8) is 0 Å². The van der Waals surface area contributed by atoms with Crippen molar-refractivity contribution in [2.75, 3.05) is 32.7 Å². The molecule has 1 saturated heterocycles. The molecule has 0 radical (unpaired) electrons. The molecule has 7 nitrogen and oxygen atoms in total. The molecule has 134 valence electrons. The molecule has 3 heterocycles. The number of carbonyl (C=O) groups excluding carboxylic acids is 2. The van der Waals surface area contributed by atoms with E-state index in [2.05, 4.69) is 4.98 Å². The number of hydrogen-bond acceptors (Lipinski definition) is 6.